The Morgan fingerprint density at radius 2 is 1.95 bits per heavy atom. The third-order valence-corrected chi connectivity index (χ3v) is 5.27. The van der Waals surface area contributed by atoms with Crippen molar-refractivity contribution in [1.82, 2.24) is 5.32 Å². The summed E-state index contributed by atoms with van der Waals surface area (Å²) in [6.07, 6.45) is 3.36. The minimum atomic E-state index is -0.634. The molecule has 0 saturated carbocycles. The fraction of sp³-hybridized carbons (Fsp3) is 0.588. The van der Waals surface area contributed by atoms with E-state index in [0.29, 0.717) is 11.5 Å². The van der Waals surface area contributed by atoms with Crippen LogP contribution in [0.25, 0.3) is 0 Å². The average molecular weight is 346 g/mol. The molecule has 2 nitrogen and oxygen atoms in total. The van der Waals surface area contributed by atoms with Crippen molar-refractivity contribution < 1.29 is 9.18 Å². The summed E-state index contributed by atoms with van der Waals surface area (Å²) in [5.74, 6) is -0.109. The van der Waals surface area contributed by atoms with Crippen LogP contribution in [-0.4, -0.2) is 18.9 Å². The summed E-state index contributed by atoms with van der Waals surface area (Å²) in [7, 11) is 0. The van der Waals surface area contributed by atoms with Crippen LogP contribution in [0.2, 0.25) is 10.0 Å². The molecule has 1 N–H and O–H groups in total. The van der Waals surface area contributed by atoms with Gasteiger partial charge in [-0.3, -0.25) is 4.79 Å². The van der Waals surface area contributed by atoms with E-state index in [9.17, 15) is 9.18 Å². The number of nitrogens with one attached hydrogen (secondary N) is 1. The molecule has 1 aliphatic rings. The lowest BCUT2D eigenvalue weighted by molar-refractivity contribution is 0.0692. The number of piperidine rings is 1. The lowest BCUT2D eigenvalue weighted by Crippen LogP contribution is -2.42. The Morgan fingerprint density at radius 1 is 1.32 bits per heavy atom. The van der Waals surface area contributed by atoms with Crippen LogP contribution in [0.1, 0.15) is 49.9 Å². The first kappa shape index (κ1) is 17.7. The molecule has 0 aromatic heterocycles. The van der Waals surface area contributed by atoms with Gasteiger partial charge in [0, 0.05) is 11.0 Å². The number of Topliss-reactive ketones (excluding diaryl/α,β-unsaturated/α-hetero) is 1. The van der Waals surface area contributed by atoms with Crippen LogP contribution < -0.4 is 5.32 Å². The molecule has 5 heteroatoms. The number of hydrogen-bond acceptors (Lipinski definition) is 2. The van der Waals surface area contributed by atoms with Crippen molar-refractivity contribution >= 4 is 29.0 Å². The average Bonchev–Trinajstić information content (AvgIpc) is 2.50. The second-order valence-corrected chi connectivity index (χ2v) is 7.33. The first-order chi connectivity index (χ1) is 10.4. The molecular formula is C17H22Cl2FNO. The smallest absolute Gasteiger partial charge is 0.169 e. The summed E-state index contributed by atoms with van der Waals surface area (Å²) in [6, 6.07) is 2.71. The Balaban J connectivity index is 2.32. The van der Waals surface area contributed by atoms with Crippen molar-refractivity contribution in [2.45, 2.75) is 39.5 Å². The van der Waals surface area contributed by atoms with Gasteiger partial charge in [-0.1, -0.05) is 43.5 Å². The van der Waals surface area contributed by atoms with Gasteiger partial charge in [-0.25, -0.2) is 4.39 Å². The van der Waals surface area contributed by atoms with Crippen molar-refractivity contribution in [1.29, 1.82) is 0 Å². The summed E-state index contributed by atoms with van der Waals surface area (Å²) in [5.41, 5.74) is -0.0865. The van der Waals surface area contributed by atoms with Gasteiger partial charge in [0.15, 0.2) is 5.78 Å². The SMILES string of the molecule is CC(C)CCC1(C(=O)c2cc(F)c(Cl)c(Cl)c2)CCNCC1. The van der Waals surface area contributed by atoms with Gasteiger partial charge < -0.3 is 5.32 Å². The Hall–Kier alpha value is -0.640. The molecule has 1 aromatic carbocycles. The first-order valence-corrected chi connectivity index (χ1v) is 8.51. The summed E-state index contributed by atoms with van der Waals surface area (Å²) in [6.45, 7) is 5.93. The molecule has 22 heavy (non-hydrogen) atoms. The Morgan fingerprint density at radius 3 is 2.50 bits per heavy atom. The molecule has 0 spiro atoms. The van der Waals surface area contributed by atoms with Crippen molar-refractivity contribution in [2.75, 3.05) is 13.1 Å². The topological polar surface area (TPSA) is 29.1 Å². The molecule has 0 unspecified atom stereocenters. The summed E-state index contributed by atoms with van der Waals surface area (Å²) in [5, 5.41) is 3.26. The van der Waals surface area contributed by atoms with E-state index >= 15 is 0 Å². The molecule has 1 saturated heterocycles. The van der Waals surface area contributed by atoms with E-state index in [0.717, 1.165) is 38.8 Å². The van der Waals surface area contributed by atoms with Crippen LogP contribution in [-0.2, 0) is 0 Å². The number of halogens is 3. The highest BCUT2D eigenvalue weighted by Crippen LogP contribution is 2.40. The van der Waals surface area contributed by atoms with Crippen LogP contribution in [0, 0.1) is 17.2 Å². The molecule has 0 aliphatic carbocycles. The number of rotatable bonds is 5. The Labute approximate surface area is 141 Å². The zero-order valence-electron chi connectivity index (χ0n) is 13.0. The van der Waals surface area contributed by atoms with Gasteiger partial charge in [-0.15, -0.1) is 0 Å². The maximum atomic E-state index is 13.8. The number of benzene rings is 1. The second-order valence-electron chi connectivity index (χ2n) is 6.55. The standard InChI is InChI=1S/C17H22Cl2FNO/c1-11(2)3-4-17(5-7-21-8-6-17)16(22)12-9-13(18)15(19)14(20)10-12/h9-11,21H,3-8H2,1-2H3. The highest BCUT2D eigenvalue weighted by Gasteiger charge is 2.39. The van der Waals surface area contributed by atoms with Crippen LogP contribution >= 0.6 is 23.2 Å². The normalized spacial score (nSPS) is 17.7. The fourth-order valence-electron chi connectivity index (χ4n) is 3.05. The molecule has 0 bridgehead atoms. The van der Waals surface area contributed by atoms with Crippen molar-refractivity contribution in [2.24, 2.45) is 11.3 Å². The zero-order valence-corrected chi connectivity index (χ0v) is 14.5. The number of carbonyl (C=O) groups is 1. The van der Waals surface area contributed by atoms with Crippen LogP contribution in [0.3, 0.4) is 0 Å². The van der Waals surface area contributed by atoms with Crippen molar-refractivity contribution in [3.05, 3.63) is 33.6 Å². The minimum absolute atomic E-state index is 0.00730. The largest absolute Gasteiger partial charge is 0.317 e. The molecular weight excluding hydrogens is 324 g/mol. The van der Waals surface area contributed by atoms with Crippen LogP contribution in [0.4, 0.5) is 4.39 Å². The molecule has 0 atom stereocenters. The van der Waals surface area contributed by atoms with Gasteiger partial charge in [-0.2, -0.15) is 0 Å². The van der Waals surface area contributed by atoms with E-state index in [1.807, 2.05) is 0 Å². The molecule has 2 rings (SSSR count). The van der Waals surface area contributed by atoms with Gasteiger partial charge in [0.25, 0.3) is 0 Å². The van der Waals surface area contributed by atoms with E-state index in [1.54, 1.807) is 0 Å². The highest BCUT2D eigenvalue weighted by atomic mass is 35.5. The van der Waals surface area contributed by atoms with E-state index in [2.05, 4.69) is 19.2 Å². The van der Waals surface area contributed by atoms with Crippen molar-refractivity contribution in [3.8, 4) is 0 Å². The van der Waals surface area contributed by atoms with Crippen LogP contribution in [0.5, 0.6) is 0 Å². The predicted octanol–water partition coefficient (Wildman–Crippen LogP) is 5.12. The predicted molar refractivity (Wildman–Crippen MR) is 89.4 cm³/mol. The molecule has 1 aliphatic heterocycles. The lowest BCUT2D eigenvalue weighted by atomic mass is 9.69. The maximum absolute atomic E-state index is 13.8. The van der Waals surface area contributed by atoms with Gasteiger partial charge in [-0.05, 0) is 50.4 Å². The summed E-state index contributed by atoms with van der Waals surface area (Å²) < 4.78 is 13.8. The van der Waals surface area contributed by atoms with Crippen LogP contribution in [0.15, 0.2) is 12.1 Å². The molecule has 1 heterocycles. The maximum Gasteiger partial charge on any atom is 0.169 e. The second kappa shape index (κ2) is 7.29. The third kappa shape index (κ3) is 3.81. The van der Waals surface area contributed by atoms with E-state index in [1.165, 1.54) is 12.1 Å². The van der Waals surface area contributed by atoms with Gasteiger partial charge >= 0.3 is 0 Å². The Bertz CT molecular complexity index is 531. The molecule has 1 aromatic rings. The lowest BCUT2D eigenvalue weighted by Gasteiger charge is -2.37. The molecule has 0 amide bonds. The van der Waals surface area contributed by atoms with E-state index < -0.39 is 11.2 Å². The number of carbonyl (C=O) groups excluding carboxylic acids is 1. The van der Waals surface area contributed by atoms with E-state index in [4.69, 9.17) is 23.2 Å². The van der Waals surface area contributed by atoms with Gasteiger partial charge in [0.05, 0.1) is 10.0 Å². The zero-order chi connectivity index (χ0) is 16.3. The summed E-state index contributed by atoms with van der Waals surface area (Å²) in [4.78, 5) is 13.1. The molecule has 1 fully saturated rings. The monoisotopic (exact) mass is 345 g/mol. The minimum Gasteiger partial charge on any atom is -0.317 e. The van der Waals surface area contributed by atoms with Crippen molar-refractivity contribution in [3.63, 3.8) is 0 Å². The van der Waals surface area contributed by atoms with Gasteiger partial charge in [0.1, 0.15) is 5.82 Å². The summed E-state index contributed by atoms with van der Waals surface area (Å²) >= 11 is 11.7. The van der Waals surface area contributed by atoms with E-state index in [-0.39, 0.29) is 15.8 Å². The number of ketones is 1. The molecule has 0 radical (unpaired) electrons. The highest BCUT2D eigenvalue weighted by molar-refractivity contribution is 6.42. The third-order valence-electron chi connectivity index (χ3n) is 4.49. The fourth-order valence-corrected chi connectivity index (χ4v) is 3.37. The number of hydrogen-bond donors (Lipinski definition) is 1. The first-order valence-electron chi connectivity index (χ1n) is 7.76. The van der Waals surface area contributed by atoms with Gasteiger partial charge in [0.2, 0.25) is 0 Å². The molecule has 122 valence electrons. The Kier molecular flexibility index (Phi) is 5.87. The quantitative estimate of drug-likeness (QED) is 0.592.